The standard InChI is InChI=1S/C32H29F2N5O4/c1-18-13-19(2)39(24-6-3-21(33)4-7-24)32(41)30(18)31(40)37-23-5-8-28(25(34)15-23)43-29-14-20-17-35-38-26(20)16-27(29)36-22-9-11-42-12-10-22/h3-8,13-17,22,36H,9-12H2,1-2H3,(H,35,38)(H,37,40). The van der Waals surface area contributed by atoms with E-state index in [1.165, 1.54) is 41.0 Å². The van der Waals surface area contributed by atoms with Gasteiger partial charge in [-0.15, -0.1) is 0 Å². The van der Waals surface area contributed by atoms with Crippen LogP contribution < -0.4 is 20.9 Å². The van der Waals surface area contributed by atoms with E-state index in [4.69, 9.17) is 9.47 Å². The Morgan fingerprint density at radius 1 is 1.02 bits per heavy atom. The third kappa shape index (κ3) is 5.84. The molecule has 3 aromatic carbocycles. The fraction of sp³-hybridized carbons (Fsp3) is 0.219. The SMILES string of the molecule is Cc1cc(C)n(-c2ccc(F)cc2)c(=O)c1C(=O)Nc1ccc(Oc2cc3cn[nH]c3cc2NC2CCOCC2)c(F)c1. The van der Waals surface area contributed by atoms with E-state index in [2.05, 4.69) is 20.8 Å². The molecule has 1 saturated heterocycles. The summed E-state index contributed by atoms with van der Waals surface area (Å²) < 4.78 is 41.6. The smallest absolute Gasteiger partial charge is 0.268 e. The zero-order chi connectivity index (χ0) is 30.1. The van der Waals surface area contributed by atoms with Gasteiger partial charge in [0, 0.05) is 47.8 Å². The third-order valence-electron chi connectivity index (χ3n) is 7.43. The van der Waals surface area contributed by atoms with Crippen LogP contribution in [-0.4, -0.2) is 39.9 Å². The van der Waals surface area contributed by atoms with Gasteiger partial charge in [0.2, 0.25) is 0 Å². The minimum atomic E-state index is -0.702. The molecule has 0 saturated carbocycles. The zero-order valence-corrected chi connectivity index (χ0v) is 23.5. The number of nitrogens with zero attached hydrogens (tertiary/aromatic N) is 2. The number of benzene rings is 3. The van der Waals surface area contributed by atoms with Gasteiger partial charge in [-0.05, 0) is 86.8 Å². The molecule has 5 aromatic rings. The molecule has 43 heavy (non-hydrogen) atoms. The summed E-state index contributed by atoms with van der Waals surface area (Å²) >= 11 is 0. The fourth-order valence-electron chi connectivity index (χ4n) is 5.28. The molecule has 1 amide bonds. The maximum absolute atomic E-state index is 15.3. The minimum Gasteiger partial charge on any atom is -0.452 e. The van der Waals surface area contributed by atoms with Gasteiger partial charge in [-0.1, -0.05) is 0 Å². The van der Waals surface area contributed by atoms with Crippen LogP contribution in [0.2, 0.25) is 0 Å². The van der Waals surface area contributed by atoms with Gasteiger partial charge < -0.3 is 20.1 Å². The Labute approximate surface area is 245 Å². The van der Waals surface area contributed by atoms with Crippen molar-refractivity contribution in [2.75, 3.05) is 23.8 Å². The number of pyridine rings is 1. The van der Waals surface area contributed by atoms with E-state index >= 15 is 4.39 Å². The van der Waals surface area contributed by atoms with Gasteiger partial charge in [0.1, 0.15) is 11.4 Å². The lowest BCUT2D eigenvalue weighted by molar-refractivity contribution is 0.0904. The topological polar surface area (TPSA) is 110 Å². The van der Waals surface area contributed by atoms with Crippen LogP contribution in [0.1, 0.15) is 34.5 Å². The number of anilines is 2. The first-order valence-corrected chi connectivity index (χ1v) is 13.9. The third-order valence-corrected chi connectivity index (χ3v) is 7.43. The van der Waals surface area contributed by atoms with Crippen LogP contribution in [0.4, 0.5) is 20.2 Å². The lowest BCUT2D eigenvalue weighted by Crippen LogP contribution is -2.31. The molecule has 9 nitrogen and oxygen atoms in total. The van der Waals surface area contributed by atoms with Crippen LogP contribution in [0.15, 0.2) is 71.7 Å². The summed E-state index contributed by atoms with van der Waals surface area (Å²) in [5.74, 6) is -1.46. The number of hydrogen-bond acceptors (Lipinski definition) is 6. The number of ether oxygens (including phenoxy) is 2. The Kier molecular flexibility index (Phi) is 7.64. The Morgan fingerprint density at radius 3 is 2.53 bits per heavy atom. The fourth-order valence-corrected chi connectivity index (χ4v) is 5.28. The highest BCUT2D eigenvalue weighted by Crippen LogP contribution is 2.36. The maximum atomic E-state index is 15.3. The predicted molar refractivity (Wildman–Crippen MR) is 159 cm³/mol. The molecule has 220 valence electrons. The van der Waals surface area contributed by atoms with Crippen molar-refractivity contribution in [2.45, 2.75) is 32.7 Å². The Hall–Kier alpha value is -5.03. The van der Waals surface area contributed by atoms with Gasteiger partial charge in [0.15, 0.2) is 17.3 Å². The molecule has 1 aliphatic heterocycles. The monoisotopic (exact) mass is 585 g/mol. The summed E-state index contributed by atoms with van der Waals surface area (Å²) in [6.07, 6.45) is 3.32. The Bertz CT molecular complexity index is 1880. The van der Waals surface area contributed by atoms with Crippen LogP contribution >= 0.6 is 0 Å². The molecular weight excluding hydrogens is 556 g/mol. The molecule has 6 rings (SSSR count). The summed E-state index contributed by atoms with van der Waals surface area (Å²) in [7, 11) is 0. The first-order chi connectivity index (χ1) is 20.8. The van der Waals surface area contributed by atoms with Crippen molar-refractivity contribution >= 4 is 28.2 Å². The number of fused-ring (bicyclic) bond motifs is 1. The number of carbonyl (C=O) groups is 1. The molecule has 3 heterocycles. The summed E-state index contributed by atoms with van der Waals surface area (Å²) in [5, 5.41) is 13.9. The molecule has 1 aliphatic rings. The average molecular weight is 586 g/mol. The zero-order valence-electron chi connectivity index (χ0n) is 23.5. The van der Waals surface area contributed by atoms with E-state index in [1.807, 2.05) is 6.07 Å². The average Bonchev–Trinajstić information content (AvgIpc) is 3.43. The van der Waals surface area contributed by atoms with E-state index in [0.717, 1.165) is 29.8 Å². The summed E-state index contributed by atoms with van der Waals surface area (Å²) in [6.45, 7) is 4.69. The van der Waals surface area contributed by atoms with Gasteiger partial charge in [-0.3, -0.25) is 19.3 Å². The van der Waals surface area contributed by atoms with Gasteiger partial charge in [0.25, 0.3) is 11.5 Å². The van der Waals surface area contributed by atoms with Crippen LogP contribution in [0.25, 0.3) is 16.6 Å². The van der Waals surface area contributed by atoms with E-state index in [9.17, 15) is 14.0 Å². The van der Waals surface area contributed by atoms with Crippen LogP contribution in [0, 0.1) is 25.5 Å². The number of aromatic nitrogens is 3. The van der Waals surface area contributed by atoms with Gasteiger partial charge in [0.05, 0.1) is 17.4 Å². The van der Waals surface area contributed by atoms with Crippen molar-refractivity contribution < 1.29 is 23.0 Å². The molecule has 2 aromatic heterocycles. The van der Waals surface area contributed by atoms with E-state index in [0.29, 0.717) is 41.6 Å². The number of nitrogens with one attached hydrogen (secondary N) is 3. The number of H-pyrrole nitrogens is 1. The molecule has 0 radical (unpaired) electrons. The molecule has 0 atom stereocenters. The Balaban J connectivity index is 1.25. The van der Waals surface area contributed by atoms with Crippen molar-refractivity contribution in [2.24, 2.45) is 0 Å². The number of carbonyl (C=O) groups excluding carboxylic acids is 1. The maximum Gasteiger partial charge on any atom is 0.268 e. The highest BCUT2D eigenvalue weighted by atomic mass is 19.1. The second kappa shape index (κ2) is 11.7. The molecule has 11 heteroatoms. The van der Waals surface area contributed by atoms with Crippen molar-refractivity contribution in [1.82, 2.24) is 14.8 Å². The van der Waals surface area contributed by atoms with E-state index < -0.39 is 23.1 Å². The van der Waals surface area contributed by atoms with Gasteiger partial charge >= 0.3 is 0 Å². The molecule has 0 unspecified atom stereocenters. The molecule has 3 N–H and O–H groups in total. The molecule has 0 aliphatic carbocycles. The number of aromatic amines is 1. The van der Waals surface area contributed by atoms with Crippen LogP contribution in [0.3, 0.4) is 0 Å². The van der Waals surface area contributed by atoms with Gasteiger partial charge in [-0.2, -0.15) is 5.10 Å². The highest BCUT2D eigenvalue weighted by Gasteiger charge is 2.21. The van der Waals surface area contributed by atoms with E-state index in [-0.39, 0.29) is 23.0 Å². The van der Waals surface area contributed by atoms with Crippen LogP contribution in [-0.2, 0) is 4.74 Å². The normalized spacial score (nSPS) is 13.7. The second-order valence-electron chi connectivity index (χ2n) is 10.5. The summed E-state index contributed by atoms with van der Waals surface area (Å²) in [4.78, 5) is 26.7. The lowest BCUT2D eigenvalue weighted by atomic mass is 10.1. The van der Waals surface area contributed by atoms with E-state index in [1.54, 1.807) is 32.2 Å². The first kappa shape index (κ1) is 28.1. The number of halogens is 2. The quantitative estimate of drug-likeness (QED) is 0.209. The number of amides is 1. The lowest BCUT2D eigenvalue weighted by Gasteiger charge is -2.25. The van der Waals surface area contributed by atoms with Crippen molar-refractivity contribution in [1.29, 1.82) is 0 Å². The molecule has 1 fully saturated rings. The summed E-state index contributed by atoms with van der Waals surface area (Å²) in [5.41, 5.74) is 2.43. The minimum absolute atomic E-state index is 0.0407. The highest BCUT2D eigenvalue weighted by molar-refractivity contribution is 6.05. The number of aryl methyl sites for hydroxylation is 2. The van der Waals surface area contributed by atoms with Crippen molar-refractivity contribution in [3.63, 3.8) is 0 Å². The number of rotatable bonds is 7. The first-order valence-electron chi connectivity index (χ1n) is 13.9. The van der Waals surface area contributed by atoms with Crippen molar-refractivity contribution in [3.05, 3.63) is 106 Å². The molecular formula is C32H29F2N5O4. The van der Waals surface area contributed by atoms with Crippen molar-refractivity contribution in [3.8, 4) is 17.2 Å². The number of hydrogen-bond donors (Lipinski definition) is 3. The molecule has 0 bridgehead atoms. The van der Waals surface area contributed by atoms with Crippen LogP contribution in [0.5, 0.6) is 11.5 Å². The predicted octanol–water partition coefficient (Wildman–Crippen LogP) is 6.24. The Morgan fingerprint density at radius 2 is 1.79 bits per heavy atom. The van der Waals surface area contributed by atoms with Gasteiger partial charge in [-0.25, -0.2) is 8.78 Å². The largest absolute Gasteiger partial charge is 0.452 e. The molecule has 0 spiro atoms. The second-order valence-corrected chi connectivity index (χ2v) is 10.5. The summed E-state index contributed by atoms with van der Waals surface area (Å²) in [6, 6.07) is 15.0.